The van der Waals surface area contributed by atoms with Crippen molar-refractivity contribution in [1.29, 1.82) is 0 Å². The Hall–Kier alpha value is -2.38. The molecular formula is C19H15BrN2O3S. The molecule has 4 rings (SSSR count). The molecule has 7 heteroatoms. The van der Waals surface area contributed by atoms with Gasteiger partial charge in [-0.15, -0.1) is 6.58 Å². The summed E-state index contributed by atoms with van der Waals surface area (Å²) in [5, 5.41) is 0. The lowest BCUT2D eigenvalue weighted by atomic mass is 10.1. The molecule has 0 bridgehead atoms. The predicted octanol–water partition coefficient (Wildman–Crippen LogP) is 4.05. The van der Waals surface area contributed by atoms with Crippen molar-refractivity contribution in [2.75, 3.05) is 6.79 Å². The van der Waals surface area contributed by atoms with Gasteiger partial charge in [-0.25, -0.2) is 0 Å². The molecular weight excluding hydrogens is 416 g/mol. The Morgan fingerprint density at radius 1 is 1.27 bits per heavy atom. The molecule has 26 heavy (non-hydrogen) atoms. The Kier molecular flexibility index (Phi) is 4.65. The van der Waals surface area contributed by atoms with Gasteiger partial charge in [0.2, 0.25) is 6.79 Å². The number of ether oxygens (including phenoxy) is 2. The van der Waals surface area contributed by atoms with E-state index in [0.717, 1.165) is 20.3 Å². The van der Waals surface area contributed by atoms with Crippen molar-refractivity contribution in [3.8, 4) is 11.5 Å². The van der Waals surface area contributed by atoms with Crippen LogP contribution in [0.1, 0.15) is 5.56 Å². The van der Waals surface area contributed by atoms with Gasteiger partial charge >= 0.3 is 0 Å². The van der Waals surface area contributed by atoms with Gasteiger partial charge in [0.25, 0.3) is 5.91 Å². The van der Waals surface area contributed by atoms with E-state index in [2.05, 4.69) is 27.5 Å². The predicted molar refractivity (Wildman–Crippen MR) is 105 cm³/mol. The fourth-order valence-electron chi connectivity index (χ4n) is 2.81. The lowest BCUT2D eigenvalue weighted by Crippen LogP contribution is -2.16. The molecule has 1 aliphatic rings. The maximum atomic E-state index is 12.5. The Morgan fingerprint density at radius 2 is 2.12 bits per heavy atom. The molecule has 0 spiro atoms. The molecule has 2 aromatic carbocycles. The zero-order chi connectivity index (χ0) is 18.1. The van der Waals surface area contributed by atoms with E-state index in [1.807, 2.05) is 41.0 Å². The molecule has 3 aromatic rings. The highest BCUT2D eigenvalue weighted by molar-refractivity contribution is 9.10. The molecule has 0 saturated carbocycles. The first-order valence-electron chi connectivity index (χ1n) is 8.00. The minimum Gasteiger partial charge on any atom is -0.454 e. The summed E-state index contributed by atoms with van der Waals surface area (Å²) >= 11 is 4.97. The number of hydrogen-bond donors (Lipinski definition) is 0. The maximum absolute atomic E-state index is 12.5. The number of carbonyl (C=O) groups is 1. The van der Waals surface area contributed by atoms with Gasteiger partial charge in [0.15, 0.2) is 16.3 Å². The molecule has 132 valence electrons. The molecule has 5 nitrogen and oxygen atoms in total. The monoisotopic (exact) mass is 430 g/mol. The zero-order valence-electron chi connectivity index (χ0n) is 13.8. The van der Waals surface area contributed by atoms with Crippen LogP contribution in [0.15, 0.2) is 58.5 Å². The normalized spacial score (nSPS) is 13.3. The molecule has 0 saturated heterocycles. The van der Waals surface area contributed by atoms with E-state index in [-0.39, 0.29) is 19.1 Å². The van der Waals surface area contributed by atoms with E-state index >= 15 is 0 Å². The van der Waals surface area contributed by atoms with Crippen LogP contribution < -0.4 is 14.3 Å². The number of amides is 1. The fraction of sp³-hybridized carbons (Fsp3) is 0.158. The minimum atomic E-state index is -0.202. The Balaban J connectivity index is 1.67. The highest BCUT2D eigenvalue weighted by Crippen LogP contribution is 2.32. The van der Waals surface area contributed by atoms with Gasteiger partial charge in [-0.1, -0.05) is 39.4 Å². The summed E-state index contributed by atoms with van der Waals surface area (Å²) in [6.07, 6.45) is 2.01. The van der Waals surface area contributed by atoms with Crippen LogP contribution >= 0.6 is 27.3 Å². The van der Waals surface area contributed by atoms with Crippen LogP contribution in [0.2, 0.25) is 0 Å². The Bertz CT molecular complexity index is 1080. The molecule has 0 aliphatic carbocycles. The third kappa shape index (κ3) is 3.32. The summed E-state index contributed by atoms with van der Waals surface area (Å²) in [7, 11) is 0. The first kappa shape index (κ1) is 17.1. The highest BCUT2D eigenvalue weighted by atomic mass is 79.9. The van der Waals surface area contributed by atoms with Gasteiger partial charge in [-0.05, 0) is 35.9 Å². The summed E-state index contributed by atoms with van der Waals surface area (Å²) in [4.78, 5) is 17.5. The van der Waals surface area contributed by atoms with E-state index in [9.17, 15) is 4.79 Å². The van der Waals surface area contributed by atoms with Crippen molar-refractivity contribution in [2.45, 2.75) is 13.0 Å². The SMILES string of the molecule is C=CCn1c(=NC(=O)Cc2ccc3c(c2)OCO3)sc2cc(Br)ccc21. The molecule has 2 heterocycles. The van der Waals surface area contributed by atoms with E-state index in [1.165, 1.54) is 11.3 Å². The van der Waals surface area contributed by atoms with E-state index in [4.69, 9.17) is 9.47 Å². The lowest BCUT2D eigenvalue weighted by molar-refractivity contribution is -0.117. The molecule has 1 aromatic heterocycles. The van der Waals surface area contributed by atoms with Crippen molar-refractivity contribution >= 4 is 43.4 Å². The molecule has 0 radical (unpaired) electrons. The van der Waals surface area contributed by atoms with E-state index < -0.39 is 0 Å². The van der Waals surface area contributed by atoms with Gasteiger partial charge < -0.3 is 14.0 Å². The average molecular weight is 431 g/mol. The lowest BCUT2D eigenvalue weighted by Gasteiger charge is -2.02. The van der Waals surface area contributed by atoms with Gasteiger partial charge in [0.1, 0.15) is 0 Å². The van der Waals surface area contributed by atoms with Crippen LogP contribution in [-0.2, 0) is 17.8 Å². The summed E-state index contributed by atoms with van der Waals surface area (Å²) < 4.78 is 14.7. The van der Waals surface area contributed by atoms with Crippen LogP contribution in [0.4, 0.5) is 0 Å². The van der Waals surface area contributed by atoms with Crippen molar-refractivity contribution in [3.63, 3.8) is 0 Å². The van der Waals surface area contributed by atoms with E-state index in [0.29, 0.717) is 22.8 Å². The summed E-state index contributed by atoms with van der Waals surface area (Å²) in [6, 6.07) is 11.5. The number of fused-ring (bicyclic) bond motifs is 2. The largest absolute Gasteiger partial charge is 0.454 e. The number of nitrogens with zero attached hydrogens (tertiary/aromatic N) is 2. The highest BCUT2D eigenvalue weighted by Gasteiger charge is 2.14. The molecule has 1 amide bonds. The van der Waals surface area contributed by atoms with Crippen LogP contribution in [-0.4, -0.2) is 17.3 Å². The smallest absolute Gasteiger partial charge is 0.252 e. The maximum Gasteiger partial charge on any atom is 0.252 e. The average Bonchev–Trinajstić information content (AvgIpc) is 3.19. The molecule has 1 aliphatic heterocycles. The molecule has 0 fully saturated rings. The van der Waals surface area contributed by atoms with Gasteiger partial charge in [-0.2, -0.15) is 4.99 Å². The minimum absolute atomic E-state index is 0.202. The number of thiazole rings is 1. The van der Waals surface area contributed by atoms with Crippen molar-refractivity contribution < 1.29 is 14.3 Å². The molecule has 0 unspecified atom stereocenters. The third-order valence-corrected chi connectivity index (χ3v) is 5.50. The van der Waals surface area contributed by atoms with Gasteiger partial charge in [-0.3, -0.25) is 4.79 Å². The quantitative estimate of drug-likeness (QED) is 0.586. The molecule has 0 atom stereocenters. The van der Waals surface area contributed by atoms with Gasteiger partial charge in [0.05, 0.1) is 16.6 Å². The topological polar surface area (TPSA) is 52.8 Å². The summed E-state index contributed by atoms with van der Waals surface area (Å²) in [5.74, 6) is 1.17. The number of benzene rings is 2. The number of halogens is 1. The van der Waals surface area contributed by atoms with Crippen LogP contribution in [0.25, 0.3) is 10.2 Å². The second kappa shape index (κ2) is 7.09. The standard InChI is InChI=1S/C19H15BrN2O3S/c1-2-7-22-14-5-4-13(20)10-17(14)26-19(22)21-18(23)9-12-3-6-15-16(8-12)25-11-24-15/h2-6,8,10H,1,7,9,11H2. The van der Waals surface area contributed by atoms with Crippen LogP contribution in [0.3, 0.4) is 0 Å². The van der Waals surface area contributed by atoms with Crippen LogP contribution in [0, 0.1) is 0 Å². The number of rotatable bonds is 4. The second-order valence-corrected chi connectivity index (χ2v) is 7.69. The summed E-state index contributed by atoms with van der Waals surface area (Å²) in [6.45, 7) is 4.62. The first-order valence-corrected chi connectivity index (χ1v) is 9.61. The first-order chi connectivity index (χ1) is 12.6. The molecule has 0 N–H and O–H groups in total. The Morgan fingerprint density at radius 3 is 2.96 bits per heavy atom. The second-order valence-electron chi connectivity index (χ2n) is 5.77. The third-order valence-electron chi connectivity index (χ3n) is 3.97. The fourth-order valence-corrected chi connectivity index (χ4v) is 4.42. The van der Waals surface area contributed by atoms with Crippen molar-refractivity contribution in [1.82, 2.24) is 4.57 Å². The number of allylic oxidation sites excluding steroid dienone is 1. The summed E-state index contributed by atoms with van der Waals surface area (Å²) in [5.41, 5.74) is 1.88. The van der Waals surface area contributed by atoms with Crippen molar-refractivity contribution in [2.24, 2.45) is 4.99 Å². The number of aromatic nitrogens is 1. The van der Waals surface area contributed by atoms with Crippen molar-refractivity contribution in [3.05, 3.63) is 63.9 Å². The number of hydrogen-bond acceptors (Lipinski definition) is 4. The number of carbonyl (C=O) groups excluding carboxylic acids is 1. The zero-order valence-corrected chi connectivity index (χ0v) is 16.2. The Labute approximate surface area is 162 Å². The van der Waals surface area contributed by atoms with E-state index in [1.54, 1.807) is 6.08 Å². The van der Waals surface area contributed by atoms with Gasteiger partial charge in [0, 0.05) is 11.0 Å². The van der Waals surface area contributed by atoms with Crippen LogP contribution in [0.5, 0.6) is 11.5 Å².